The van der Waals surface area contributed by atoms with Crippen LogP contribution < -0.4 is 10.1 Å². The molecule has 2 atom stereocenters. The van der Waals surface area contributed by atoms with Crippen LogP contribution in [0.4, 0.5) is 5.69 Å². The molecule has 1 aliphatic rings. The summed E-state index contributed by atoms with van der Waals surface area (Å²) in [7, 11) is 1.57. The van der Waals surface area contributed by atoms with Gasteiger partial charge in [-0.3, -0.25) is 9.59 Å². The highest BCUT2D eigenvalue weighted by Crippen LogP contribution is 2.58. The summed E-state index contributed by atoms with van der Waals surface area (Å²) in [4.78, 5) is 23.1. The van der Waals surface area contributed by atoms with Crippen LogP contribution in [0.15, 0.2) is 24.3 Å². The standard InChI is InChI=1S/C14H17NO4/c1-14(2)10(11(14)13(17)18)12(16)15-8-4-6-9(19-3)7-5-8/h4-7,10-11H,1-3H3,(H,15,16)(H,17,18). The summed E-state index contributed by atoms with van der Waals surface area (Å²) in [5.74, 6) is -1.55. The molecule has 1 saturated carbocycles. The van der Waals surface area contributed by atoms with Crippen molar-refractivity contribution in [3.05, 3.63) is 24.3 Å². The Labute approximate surface area is 111 Å². The molecular formula is C14H17NO4. The fourth-order valence-electron chi connectivity index (χ4n) is 2.48. The Hall–Kier alpha value is -2.04. The molecule has 1 aromatic carbocycles. The van der Waals surface area contributed by atoms with Gasteiger partial charge in [0.15, 0.2) is 0 Å². The summed E-state index contributed by atoms with van der Waals surface area (Å²) in [5, 5.41) is 11.8. The molecule has 1 fully saturated rings. The smallest absolute Gasteiger partial charge is 0.307 e. The summed E-state index contributed by atoms with van der Waals surface area (Å²) in [6, 6.07) is 6.93. The van der Waals surface area contributed by atoms with Crippen molar-refractivity contribution in [2.24, 2.45) is 17.3 Å². The van der Waals surface area contributed by atoms with Crippen LogP contribution in [0.1, 0.15) is 13.8 Å². The maximum atomic E-state index is 12.1. The Kier molecular flexibility index (Phi) is 3.22. The fourth-order valence-corrected chi connectivity index (χ4v) is 2.48. The lowest BCUT2D eigenvalue weighted by Crippen LogP contribution is -2.17. The minimum Gasteiger partial charge on any atom is -0.497 e. The summed E-state index contributed by atoms with van der Waals surface area (Å²) >= 11 is 0. The number of carbonyl (C=O) groups excluding carboxylic acids is 1. The number of rotatable bonds is 4. The molecule has 102 valence electrons. The van der Waals surface area contributed by atoms with Gasteiger partial charge in [0.1, 0.15) is 5.75 Å². The molecule has 2 rings (SSSR count). The number of aliphatic carboxylic acids is 1. The molecule has 0 bridgehead atoms. The first kappa shape index (κ1) is 13.4. The van der Waals surface area contributed by atoms with Crippen molar-refractivity contribution in [3.63, 3.8) is 0 Å². The van der Waals surface area contributed by atoms with Gasteiger partial charge in [-0.15, -0.1) is 0 Å². The molecule has 5 nitrogen and oxygen atoms in total. The second kappa shape index (κ2) is 4.57. The van der Waals surface area contributed by atoms with Crippen LogP contribution >= 0.6 is 0 Å². The van der Waals surface area contributed by atoms with E-state index in [1.165, 1.54) is 0 Å². The fraction of sp³-hybridized carbons (Fsp3) is 0.429. The highest BCUT2D eigenvalue weighted by Gasteiger charge is 2.65. The van der Waals surface area contributed by atoms with E-state index in [9.17, 15) is 9.59 Å². The Morgan fingerprint density at radius 2 is 1.79 bits per heavy atom. The van der Waals surface area contributed by atoms with Gasteiger partial charge in [0.05, 0.1) is 18.9 Å². The molecule has 5 heteroatoms. The highest BCUT2D eigenvalue weighted by atomic mass is 16.5. The van der Waals surface area contributed by atoms with E-state index in [1.807, 2.05) is 0 Å². The SMILES string of the molecule is COc1ccc(NC(=O)C2C(C(=O)O)C2(C)C)cc1. The van der Waals surface area contributed by atoms with Crippen LogP contribution in [-0.2, 0) is 9.59 Å². The molecule has 1 aliphatic carbocycles. The van der Waals surface area contributed by atoms with E-state index in [0.29, 0.717) is 11.4 Å². The van der Waals surface area contributed by atoms with Gasteiger partial charge in [-0.25, -0.2) is 0 Å². The first-order valence-electron chi connectivity index (χ1n) is 6.05. The summed E-state index contributed by atoms with van der Waals surface area (Å²) in [5.41, 5.74) is 0.153. The second-order valence-electron chi connectivity index (χ2n) is 5.33. The van der Waals surface area contributed by atoms with Crippen molar-refractivity contribution in [1.29, 1.82) is 0 Å². The maximum absolute atomic E-state index is 12.1. The molecule has 2 unspecified atom stereocenters. The van der Waals surface area contributed by atoms with Gasteiger partial charge in [0, 0.05) is 5.69 Å². The largest absolute Gasteiger partial charge is 0.497 e. The number of nitrogens with one attached hydrogen (secondary N) is 1. The molecule has 0 spiro atoms. The van der Waals surface area contributed by atoms with Gasteiger partial charge >= 0.3 is 5.97 Å². The summed E-state index contributed by atoms with van der Waals surface area (Å²) in [6.45, 7) is 3.59. The monoisotopic (exact) mass is 263 g/mol. The third-order valence-corrected chi connectivity index (χ3v) is 3.73. The Balaban J connectivity index is 2.04. The highest BCUT2D eigenvalue weighted by molar-refractivity contribution is 5.99. The van der Waals surface area contributed by atoms with Crippen molar-refractivity contribution in [3.8, 4) is 5.75 Å². The number of carboxylic acids is 1. The Morgan fingerprint density at radius 1 is 1.21 bits per heavy atom. The van der Waals surface area contributed by atoms with Crippen LogP contribution in [0.3, 0.4) is 0 Å². The normalized spacial score (nSPS) is 23.5. The van der Waals surface area contributed by atoms with E-state index in [1.54, 1.807) is 45.2 Å². The zero-order valence-corrected chi connectivity index (χ0v) is 11.1. The van der Waals surface area contributed by atoms with Gasteiger partial charge < -0.3 is 15.2 Å². The third-order valence-electron chi connectivity index (χ3n) is 3.73. The van der Waals surface area contributed by atoms with Crippen LogP contribution in [0.2, 0.25) is 0 Å². The molecule has 0 saturated heterocycles. The van der Waals surface area contributed by atoms with Gasteiger partial charge in [-0.05, 0) is 29.7 Å². The lowest BCUT2D eigenvalue weighted by Gasteiger charge is -2.07. The molecule has 1 aromatic rings. The molecule has 0 heterocycles. The first-order valence-corrected chi connectivity index (χ1v) is 6.05. The van der Waals surface area contributed by atoms with Crippen LogP contribution in [0.5, 0.6) is 5.75 Å². The number of hydrogen-bond acceptors (Lipinski definition) is 3. The number of benzene rings is 1. The van der Waals surface area contributed by atoms with Crippen LogP contribution in [0, 0.1) is 17.3 Å². The zero-order chi connectivity index (χ0) is 14.2. The molecular weight excluding hydrogens is 246 g/mol. The van der Waals surface area contributed by atoms with Gasteiger partial charge in [0.2, 0.25) is 5.91 Å². The quantitative estimate of drug-likeness (QED) is 0.871. The third kappa shape index (κ3) is 2.41. The number of amides is 1. The summed E-state index contributed by atoms with van der Waals surface area (Å²) < 4.78 is 5.03. The average molecular weight is 263 g/mol. The lowest BCUT2D eigenvalue weighted by molar-refractivity contribution is -0.140. The van der Waals surface area contributed by atoms with Crippen LogP contribution in [-0.4, -0.2) is 24.1 Å². The van der Waals surface area contributed by atoms with E-state index in [4.69, 9.17) is 9.84 Å². The molecule has 0 radical (unpaired) electrons. The number of anilines is 1. The van der Waals surface area contributed by atoms with E-state index < -0.39 is 23.2 Å². The average Bonchev–Trinajstić information content (AvgIpc) is 2.93. The molecule has 0 aliphatic heterocycles. The molecule has 2 N–H and O–H groups in total. The summed E-state index contributed by atoms with van der Waals surface area (Å²) in [6.07, 6.45) is 0. The molecule has 0 aromatic heterocycles. The maximum Gasteiger partial charge on any atom is 0.307 e. The van der Waals surface area contributed by atoms with Crippen molar-refractivity contribution in [1.82, 2.24) is 0 Å². The topological polar surface area (TPSA) is 75.6 Å². The lowest BCUT2D eigenvalue weighted by atomic mass is 10.1. The molecule has 19 heavy (non-hydrogen) atoms. The first-order chi connectivity index (χ1) is 8.87. The second-order valence-corrected chi connectivity index (χ2v) is 5.33. The van der Waals surface area contributed by atoms with Gasteiger partial charge in [-0.2, -0.15) is 0 Å². The minimum atomic E-state index is -0.917. The van der Waals surface area contributed by atoms with E-state index >= 15 is 0 Å². The van der Waals surface area contributed by atoms with Gasteiger partial charge in [-0.1, -0.05) is 13.8 Å². The predicted molar refractivity (Wildman–Crippen MR) is 70.0 cm³/mol. The van der Waals surface area contributed by atoms with E-state index in [0.717, 1.165) is 0 Å². The number of hydrogen-bond donors (Lipinski definition) is 2. The number of carboxylic acid groups (broad SMARTS) is 1. The Bertz CT molecular complexity index is 507. The zero-order valence-electron chi connectivity index (χ0n) is 11.1. The van der Waals surface area contributed by atoms with Crippen molar-refractivity contribution < 1.29 is 19.4 Å². The van der Waals surface area contributed by atoms with Gasteiger partial charge in [0.25, 0.3) is 0 Å². The molecule has 1 amide bonds. The van der Waals surface area contributed by atoms with Crippen molar-refractivity contribution in [2.75, 3.05) is 12.4 Å². The van der Waals surface area contributed by atoms with Crippen molar-refractivity contribution >= 4 is 17.6 Å². The predicted octanol–water partition coefficient (Wildman–Crippen LogP) is 1.99. The minimum absolute atomic E-state index is 0.248. The van der Waals surface area contributed by atoms with Crippen LogP contribution in [0.25, 0.3) is 0 Å². The number of ether oxygens (including phenoxy) is 1. The van der Waals surface area contributed by atoms with E-state index in [2.05, 4.69) is 5.32 Å². The van der Waals surface area contributed by atoms with Crippen molar-refractivity contribution in [2.45, 2.75) is 13.8 Å². The number of carbonyl (C=O) groups is 2. The Morgan fingerprint density at radius 3 is 2.21 bits per heavy atom. The number of methoxy groups -OCH3 is 1. The van der Waals surface area contributed by atoms with E-state index in [-0.39, 0.29) is 5.91 Å².